The zero-order chi connectivity index (χ0) is 19.6. The van der Waals surface area contributed by atoms with Crippen molar-refractivity contribution in [1.82, 2.24) is 9.80 Å². The molecule has 2 heterocycles. The van der Waals surface area contributed by atoms with Gasteiger partial charge in [-0.3, -0.25) is 9.59 Å². The zero-order valence-corrected chi connectivity index (χ0v) is 15.1. The predicted octanol–water partition coefficient (Wildman–Crippen LogP) is 1.43. The highest BCUT2D eigenvalue weighted by Crippen LogP contribution is 2.18. The summed E-state index contributed by atoms with van der Waals surface area (Å²) in [6, 6.07) is 5.91. The Kier molecular flexibility index (Phi) is 5.48. The number of guanidine groups is 1. The van der Waals surface area contributed by atoms with E-state index in [9.17, 15) is 18.4 Å². The Morgan fingerprint density at radius 2 is 1.89 bits per heavy atom. The van der Waals surface area contributed by atoms with Gasteiger partial charge in [0.15, 0.2) is 17.7 Å². The lowest BCUT2D eigenvalue weighted by Gasteiger charge is -2.36. The van der Waals surface area contributed by atoms with E-state index in [1.807, 2.05) is 0 Å². The minimum absolute atomic E-state index is 0.0256. The van der Waals surface area contributed by atoms with E-state index in [0.29, 0.717) is 26.2 Å². The summed E-state index contributed by atoms with van der Waals surface area (Å²) in [7, 11) is 0. The molecule has 0 spiro atoms. The minimum atomic E-state index is -1.78. The SMILES string of the molecule is CC1=NC(N2CCN(C(=O)C(C)Oc3ccccc3F)CC2)=NC(=O)C1F. The van der Waals surface area contributed by atoms with Crippen LogP contribution < -0.4 is 4.74 Å². The lowest BCUT2D eigenvalue weighted by atomic mass is 10.2. The molecule has 144 valence electrons. The van der Waals surface area contributed by atoms with Gasteiger partial charge in [0.05, 0.1) is 5.71 Å². The molecule has 1 fully saturated rings. The summed E-state index contributed by atoms with van der Waals surface area (Å²) in [5.41, 5.74) is 0.0791. The van der Waals surface area contributed by atoms with Gasteiger partial charge in [-0.05, 0) is 26.0 Å². The van der Waals surface area contributed by atoms with Crippen molar-refractivity contribution in [2.45, 2.75) is 26.1 Å². The number of carbonyl (C=O) groups is 2. The van der Waals surface area contributed by atoms with Crippen LogP contribution >= 0.6 is 0 Å². The van der Waals surface area contributed by atoms with Crippen LogP contribution in [0.15, 0.2) is 34.3 Å². The maximum atomic E-state index is 13.7. The number of para-hydroxylation sites is 1. The zero-order valence-electron chi connectivity index (χ0n) is 15.1. The third-order valence-electron chi connectivity index (χ3n) is 4.43. The number of halogens is 2. The average Bonchev–Trinajstić information content (AvgIpc) is 2.67. The van der Waals surface area contributed by atoms with E-state index in [-0.39, 0.29) is 23.3 Å². The van der Waals surface area contributed by atoms with Crippen molar-refractivity contribution in [2.24, 2.45) is 9.98 Å². The number of amides is 2. The topological polar surface area (TPSA) is 74.6 Å². The molecule has 2 aliphatic rings. The summed E-state index contributed by atoms with van der Waals surface area (Å²) in [5, 5.41) is 0. The highest BCUT2D eigenvalue weighted by Gasteiger charge is 2.31. The molecule has 9 heteroatoms. The number of nitrogens with zero attached hydrogens (tertiary/aromatic N) is 4. The highest BCUT2D eigenvalue weighted by atomic mass is 19.1. The van der Waals surface area contributed by atoms with Crippen LogP contribution in [0.2, 0.25) is 0 Å². The van der Waals surface area contributed by atoms with Gasteiger partial charge in [-0.25, -0.2) is 13.8 Å². The second kappa shape index (κ2) is 7.81. The van der Waals surface area contributed by atoms with Crippen LogP contribution in [0.25, 0.3) is 0 Å². The van der Waals surface area contributed by atoms with Gasteiger partial charge in [-0.2, -0.15) is 4.99 Å². The lowest BCUT2D eigenvalue weighted by Crippen LogP contribution is -2.53. The molecule has 0 aliphatic carbocycles. The van der Waals surface area contributed by atoms with Gasteiger partial charge in [-0.15, -0.1) is 0 Å². The number of aliphatic imine (C=N–C) groups is 2. The Morgan fingerprint density at radius 3 is 2.52 bits per heavy atom. The largest absolute Gasteiger partial charge is 0.478 e. The van der Waals surface area contributed by atoms with Gasteiger partial charge >= 0.3 is 0 Å². The normalized spacial score (nSPS) is 21.5. The maximum Gasteiger partial charge on any atom is 0.289 e. The van der Waals surface area contributed by atoms with Crippen molar-refractivity contribution in [2.75, 3.05) is 26.2 Å². The number of hydrogen-bond donors (Lipinski definition) is 0. The minimum Gasteiger partial charge on any atom is -0.478 e. The van der Waals surface area contributed by atoms with Crippen molar-refractivity contribution < 1.29 is 23.1 Å². The van der Waals surface area contributed by atoms with Crippen LogP contribution in [0.1, 0.15) is 13.8 Å². The number of piperazine rings is 1. The fraction of sp³-hybridized carbons (Fsp3) is 0.444. The summed E-state index contributed by atoms with van der Waals surface area (Å²) < 4.78 is 32.6. The number of rotatable bonds is 3. The Bertz CT molecular complexity index is 804. The van der Waals surface area contributed by atoms with E-state index in [0.717, 1.165) is 0 Å². The first-order chi connectivity index (χ1) is 12.9. The van der Waals surface area contributed by atoms with Crippen LogP contribution in [0.3, 0.4) is 0 Å². The number of benzene rings is 1. The highest BCUT2D eigenvalue weighted by molar-refractivity contribution is 6.16. The van der Waals surface area contributed by atoms with Crippen molar-refractivity contribution in [3.8, 4) is 5.75 Å². The first-order valence-electron chi connectivity index (χ1n) is 8.63. The molecule has 2 atom stereocenters. The molecule has 1 aromatic rings. The molecule has 2 unspecified atom stereocenters. The van der Waals surface area contributed by atoms with Gasteiger partial charge in [0.25, 0.3) is 11.8 Å². The Morgan fingerprint density at radius 1 is 1.22 bits per heavy atom. The van der Waals surface area contributed by atoms with Gasteiger partial charge < -0.3 is 14.5 Å². The summed E-state index contributed by atoms with van der Waals surface area (Å²) in [6.07, 6.45) is -2.62. The fourth-order valence-electron chi connectivity index (χ4n) is 2.88. The van der Waals surface area contributed by atoms with E-state index in [2.05, 4.69) is 9.98 Å². The summed E-state index contributed by atoms with van der Waals surface area (Å²) >= 11 is 0. The molecule has 27 heavy (non-hydrogen) atoms. The molecular weight excluding hydrogens is 358 g/mol. The molecule has 1 saturated heterocycles. The second-order valence-electron chi connectivity index (χ2n) is 6.37. The predicted molar refractivity (Wildman–Crippen MR) is 95.1 cm³/mol. The van der Waals surface area contributed by atoms with Gasteiger partial charge in [0.2, 0.25) is 12.1 Å². The molecule has 2 aliphatic heterocycles. The Labute approximate surface area is 155 Å². The third-order valence-corrected chi connectivity index (χ3v) is 4.43. The monoisotopic (exact) mass is 378 g/mol. The van der Waals surface area contributed by atoms with E-state index >= 15 is 0 Å². The molecule has 0 saturated carbocycles. The quantitative estimate of drug-likeness (QED) is 0.798. The van der Waals surface area contributed by atoms with E-state index in [1.54, 1.807) is 28.9 Å². The molecule has 0 bridgehead atoms. The fourth-order valence-corrected chi connectivity index (χ4v) is 2.88. The number of carbonyl (C=O) groups excluding carboxylic acids is 2. The van der Waals surface area contributed by atoms with Gasteiger partial charge in [0.1, 0.15) is 0 Å². The summed E-state index contributed by atoms with van der Waals surface area (Å²) in [5.74, 6) is -1.45. The van der Waals surface area contributed by atoms with E-state index < -0.39 is 24.0 Å². The second-order valence-corrected chi connectivity index (χ2v) is 6.37. The van der Waals surface area contributed by atoms with Crippen LogP contribution in [-0.2, 0) is 9.59 Å². The van der Waals surface area contributed by atoms with E-state index in [4.69, 9.17) is 4.74 Å². The summed E-state index contributed by atoms with van der Waals surface area (Å²) in [6.45, 7) is 4.55. The third kappa shape index (κ3) is 4.12. The van der Waals surface area contributed by atoms with Gasteiger partial charge in [0, 0.05) is 26.2 Å². The number of ether oxygens (including phenoxy) is 1. The van der Waals surface area contributed by atoms with E-state index in [1.165, 1.54) is 19.1 Å². The Hall–Kier alpha value is -2.84. The molecule has 1 aromatic carbocycles. The van der Waals surface area contributed by atoms with Crippen LogP contribution in [0.4, 0.5) is 8.78 Å². The van der Waals surface area contributed by atoms with Gasteiger partial charge in [-0.1, -0.05) is 12.1 Å². The average molecular weight is 378 g/mol. The smallest absolute Gasteiger partial charge is 0.289 e. The number of hydrogen-bond acceptors (Lipinski definition) is 5. The molecule has 7 nitrogen and oxygen atoms in total. The van der Waals surface area contributed by atoms with Crippen LogP contribution in [-0.4, -0.2) is 71.7 Å². The molecule has 2 amide bonds. The molecule has 0 aromatic heterocycles. The first-order valence-corrected chi connectivity index (χ1v) is 8.63. The number of alkyl halides is 1. The standard InChI is InChI=1S/C18H20F2N4O3/c1-11-15(20)16(25)22-18(21-11)24-9-7-23(8-10-24)17(26)12(2)27-14-6-4-3-5-13(14)19/h3-6,12,15H,7-10H2,1-2H3. The Balaban J connectivity index is 1.57. The lowest BCUT2D eigenvalue weighted by molar-refractivity contribution is -0.139. The van der Waals surface area contributed by atoms with Crippen LogP contribution in [0.5, 0.6) is 5.75 Å². The molecule has 3 rings (SSSR count). The summed E-state index contributed by atoms with van der Waals surface area (Å²) in [4.78, 5) is 35.1. The molecule has 0 radical (unpaired) electrons. The van der Waals surface area contributed by atoms with Crippen molar-refractivity contribution in [3.63, 3.8) is 0 Å². The van der Waals surface area contributed by atoms with Crippen molar-refractivity contribution >= 4 is 23.5 Å². The van der Waals surface area contributed by atoms with Crippen LogP contribution in [0, 0.1) is 5.82 Å². The molecular formula is C18H20F2N4O3. The van der Waals surface area contributed by atoms with Crippen molar-refractivity contribution in [1.29, 1.82) is 0 Å². The van der Waals surface area contributed by atoms with Crippen molar-refractivity contribution in [3.05, 3.63) is 30.1 Å². The maximum absolute atomic E-state index is 13.7. The first kappa shape index (κ1) is 18.9. The molecule has 0 N–H and O–H groups in total.